The zero-order chi connectivity index (χ0) is 16.7. The number of unbranched alkanes of at least 4 members (excludes halogenated alkanes) is 4. The van der Waals surface area contributed by atoms with Crippen LogP contribution >= 0.6 is 0 Å². The molecule has 0 atom stereocenters. The summed E-state index contributed by atoms with van der Waals surface area (Å²) in [5, 5.41) is 0.559. The van der Waals surface area contributed by atoms with Crippen molar-refractivity contribution in [1.82, 2.24) is 0 Å². The van der Waals surface area contributed by atoms with Gasteiger partial charge >= 0.3 is 5.63 Å². The van der Waals surface area contributed by atoms with Gasteiger partial charge in [0.25, 0.3) is 0 Å². The van der Waals surface area contributed by atoms with Crippen LogP contribution in [0.3, 0.4) is 0 Å². The fourth-order valence-corrected chi connectivity index (χ4v) is 2.59. The highest BCUT2D eigenvalue weighted by Gasteiger charge is 2.14. The molecule has 2 aromatic rings. The zero-order valence-corrected chi connectivity index (χ0v) is 14.0. The van der Waals surface area contributed by atoms with Gasteiger partial charge in [0.1, 0.15) is 11.1 Å². The summed E-state index contributed by atoms with van der Waals surface area (Å²) >= 11 is 0. The van der Waals surface area contributed by atoms with Crippen LogP contribution in [0.1, 0.15) is 58.1 Å². The predicted molar refractivity (Wildman–Crippen MR) is 90.7 cm³/mol. The van der Waals surface area contributed by atoms with Crippen LogP contribution in [0.5, 0.6) is 5.75 Å². The summed E-state index contributed by atoms with van der Waals surface area (Å²) in [6, 6.07) is 5.09. The molecular weight excluding hydrogens is 295 g/mol. The molecule has 1 aromatic carbocycles. The number of aryl methyl sites for hydroxylation is 1. The summed E-state index contributed by atoms with van der Waals surface area (Å²) in [6.07, 6.45) is 6.85. The van der Waals surface area contributed by atoms with E-state index in [0.29, 0.717) is 24.2 Å². The summed E-state index contributed by atoms with van der Waals surface area (Å²) in [5.74, 6) is 0.124. The van der Waals surface area contributed by atoms with E-state index in [2.05, 4.69) is 13.8 Å². The normalized spacial score (nSPS) is 11.1. The smallest absolute Gasteiger partial charge is 0.346 e. The Labute approximate surface area is 136 Å². The molecule has 0 fully saturated rings. The van der Waals surface area contributed by atoms with Crippen molar-refractivity contribution in [3.8, 4) is 5.75 Å². The lowest BCUT2D eigenvalue weighted by Crippen LogP contribution is -2.07. The van der Waals surface area contributed by atoms with Gasteiger partial charge in [-0.2, -0.15) is 0 Å². The summed E-state index contributed by atoms with van der Waals surface area (Å²) in [5.41, 5.74) is -0.620. The standard InChI is InChI=1S/C19H25FO3/c1-3-5-7-9-15-13-14-10-11-16(22-12-8-6-4-2)18(20)17(14)19(21)23-15/h10-11,13H,3-9,12H2,1-2H3. The lowest BCUT2D eigenvalue weighted by atomic mass is 10.1. The minimum atomic E-state index is -0.620. The number of hydrogen-bond donors (Lipinski definition) is 0. The van der Waals surface area contributed by atoms with E-state index in [0.717, 1.165) is 38.5 Å². The van der Waals surface area contributed by atoms with Crippen molar-refractivity contribution in [3.63, 3.8) is 0 Å². The van der Waals surface area contributed by atoms with Gasteiger partial charge in [0.2, 0.25) is 0 Å². The average molecular weight is 320 g/mol. The van der Waals surface area contributed by atoms with Crippen molar-refractivity contribution >= 4 is 10.8 Å². The van der Waals surface area contributed by atoms with Crippen molar-refractivity contribution in [1.29, 1.82) is 0 Å². The lowest BCUT2D eigenvalue weighted by Gasteiger charge is -2.09. The SMILES string of the molecule is CCCCCOc1ccc2cc(CCCCC)oc(=O)c2c1F. The third-order valence-corrected chi connectivity index (χ3v) is 3.92. The van der Waals surface area contributed by atoms with Gasteiger partial charge in [-0.25, -0.2) is 9.18 Å². The molecule has 3 nitrogen and oxygen atoms in total. The van der Waals surface area contributed by atoms with Crippen LogP contribution in [0.15, 0.2) is 27.4 Å². The Morgan fingerprint density at radius 3 is 2.57 bits per heavy atom. The highest BCUT2D eigenvalue weighted by molar-refractivity contribution is 5.83. The lowest BCUT2D eigenvalue weighted by molar-refractivity contribution is 0.292. The maximum Gasteiger partial charge on any atom is 0.346 e. The highest BCUT2D eigenvalue weighted by atomic mass is 19.1. The Hall–Kier alpha value is -1.84. The van der Waals surface area contributed by atoms with Gasteiger partial charge in [-0.15, -0.1) is 0 Å². The molecule has 0 bridgehead atoms. The van der Waals surface area contributed by atoms with E-state index in [4.69, 9.17) is 9.15 Å². The molecule has 1 heterocycles. The monoisotopic (exact) mass is 320 g/mol. The number of ether oxygens (including phenoxy) is 1. The second-order valence-corrected chi connectivity index (χ2v) is 5.85. The molecule has 126 valence electrons. The van der Waals surface area contributed by atoms with Gasteiger partial charge in [-0.1, -0.05) is 45.6 Å². The third-order valence-electron chi connectivity index (χ3n) is 3.92. The first kappa shape index (κ1) is 17.5. The Morgan fingerprint density at radius 1 is 1.09 bits per heavy atom. The van der Waals surface area contributed by atoms with E-state index in [9.17, 15) is 9.18 Å². The Kier molecular flexibility index (Phi) is 6.63. The molecule has 0 unspecified atom stereocenters. The second-order valence-electron chi connectivity index (χ2n) is 5.85. The summed E-state index contributed by atoms with van der Waals surface area (Å²) in [7, 11) is 0. The maximum absolute atomic E-state index is 14.5. The Bertz CT molecular complexity index is 691. The van der Waals surface area contributed by atoms with Crippen LogP contribution < -0.4 is 10.4 Å². The minimum absolute atomic E-state index is 0.0165. The summed E-state index contributed by atoms with van der Waals surface area (Å²) < 4.78 is 25.2. The molecule has 0 amide bonds. The number of hydrogen-bond acceptors (Lipinski definition) is 3. The first-order valence-corrected chi connectivity index (χ1v) is 8.55. The molecular formula is C19H25FO3. The van der Waals surface area contributed by atoms with Crippen molar-refractivity contribution in [2.75, 3.05) is 6.61 Å². The van der Waals surface area contributed by atoms with E-state index in [1.807, 2.05) is 0 Å². The summed E-state index contributed by atoms with van der Waals surface area (Å²) in [4.78, 5) is 12.1. The van der Waals surface area contributed by atoms with E-state index < -0.39 is 11.4 Å². The number of halogens is 1. The quantitative estimate of drug-likeness (QED) is 0.594. The maximum atomic E-state index is 14.5. The molecule has 0 saturated heterocycles. The van der Waals surface area contributed by atoms with Gasteiger partial charge in [0, 0.05) is 6.42 Å². The minimum Gasteiger partial charge on any atom is -0.490 e. The molecule has 0 saturated carbocycles. The number of benzene rings is 1. The van der Waals surface area contributed by atoms with Crippen LogP contribution in [-0.4, -0.2) is 6.61 Å². The third kappa shape index (κ3) is 4.57. The first-order valence-electron chi connectivity index (χ1n) is 8.55. The number of fused-ring (bicyclic) bond motifs is 1. The van der Waals surface area contributed by atoms with Gasteiger partial charge in [0.05, 0.1) is 6.61 Å². The van der Waals surface area contributed by atoms with E-state index >= 15 is 0 Å². The largest absolute Gasteiger partial charge is 0.490 e. The molecule has 0 aliphatic rings. The van der Waals surface area contributed by atoms with Gasteiger partial charge in [0.15, 0.2) is 11.6 Å². The summed E-state index contributed by atoms with van der Waals surface area (Å²) in [6.45, 7) is 4.67. The van der Waals surface area contributed by atoms with Crippen molar-refractivity contribution in [3.05, 3.63) is 40.2 Å². The topological polar surface area (TPSA) is 39.4 Å². The van der Waals surface area contributed by atoms with Crippen LogP contribution in [0.4, 0.5) is 4.39 Å². The van der Waals surface area contributed by atoms with Crippen LogP contribution in [0.2, 0.25) is 0 Å². The van der Waals surface area contributed by atoms with Crippen molar-refractivity contribution < 1.29 is 13.5 Å². The average Bonchev–Trinajstić information content (AvgIpc) is 2.53. The van der Waals surface area contributed by atoms with Gasteiger partial charge in [-0.3, -0.25) is 0 Å². The molecule has 0 aliphatic heterocycles. The number of rotatable bonds is 9. The van der Waals surface area contributed by atoms with Crippen molar-refractivity contribution in [2.45, 2.75) is 58.8 Å². The molecule has 1 aromatic heterocycles. The van der Waals surface area contributed by atoms with E-state index in [-0.39, 0.29) is 11.1 Å². The second kappa shape index (κ2) is 8.70. The zero-order valence-electron chi connectivity index (χ0n) is 14.0. The predicted octanol–water partition coefficient (Wildman–Crippen LogP) is 5.23. The first-order chi connectivity index (χ1) is 11.2. The molecule has 23 heavy (non-hydrogen) atoms. The molecule has 4 heteroatoms. The molecule has 0 radical (unpaired) electrons. The van der Waals surface area contributed by atoms with Crippen LogP contribution in [0, 0.1) is 5.82 Å². The van der Waals surface area contributed by atoms with Crippen LogP contribution in [-0.2, 0) is 6.42 Å². The van der Waals surface area contributed by atoms with Gasteiger partial charge < -0.3 is 9.15 Å². The van der Waals surface area contributed by atoms with Crippen molar-refractivity contribution in [2.24, 2.45) is 0 Å². The van der Waals surface area contributed by atoms with Gasteiger partial charge in [-0.05, 0) is 30.4 Å². The Morgan fingerprint density at radius 2 is 1.83 bits per heavy atom. The van der Waals surface area contributed by atoms with Crippen LogP contribution in [0.25, 0.3) is 10.8 Å². The fourth-order valence-electron chi connectivity index (χ4n) is 2.59. The molecule has 0 spiro atoms. The molecule has 0 N–H and O–H groups in total. The molecule has 2 rings (SSSR count). The fraction of sp³-hybridized carbons (Fsp3) is 0.526. The highest BCUT2D eigenvalue weighted by Crippen LogP contribution is 2.25. The molecule has 0 aliphatic carbocycles. The Balaban J connectivity index is 2.21. The van der Waals surface area contributed by atoms with E-state index in [1.165, 1.54) is 0 Å². The van der Waals surface area contributed by atoms with E-state index in [1.54, 1.807) is 18.2 Å².